The van der Waals surface area contributed by atoms with Gasteiger partial charge in [0.05, 0.1) is 0 Å². The predicted molar refractivity (Wildman–Crippen MR) is 142 cm³/mol. The molecule has 1 aromatic heterocycles. The van der Waals surface area contributed by atoms with Gasteiger partial charge in [0.15, 0.2) is 0 Å². The number of alkyl halides is 4. The number of halogens is 4. The number of pyridine rings is 1. The number of nitrogens with zero attached hydrogens (tertiary/aromatic N) is 2. The van der Waals surface area contributed by atoms with Crippen LogP contribution in [0.5, 0.6) is 0 Å². The van der Waals surface area contributed by atoms with Gasteiger partial charge in [-0.25, -0.2) is 4.39 Å². The van der Waals surface area contributed by atoms with E-state index in [0.29, 0.717) is 18.4 Å². The summed E-state index contributed by atoms with van der Waals surface area (Å²) in [5, 5.41) is 6.25. The number of likely N-dealkylation sites (tertiary alicyclic amines) is 1. The lowest BCUT2D eigenvalue weighted by molar-refractivity contribution is -0.176. The summed E-state index contributed by atoms with van der Waals surface area (Å²) >= 11 is 0. The van der Waals surface area contributed by atoms with E-state index in [-0.39, 0.29) is 18.4 Å². The van der Waals surface area contributed by atoms with Gasteiger partial charge in [0.2, 0.25) is 11.8 Å². The molecule has 2 N–H and O–H groups in total. The van der Waals surface area contributed by atoms with Crippen molar-refractivity contribution in [2.24, 2.45) is 29.1 Å². The van der Waals surface area contributed by atoms with Crippen LogP contribution >= 0.6 is 0 Å². The Labute approximate surface area is 235 Å². The average molecular weight is 573 g/mol. The number of hydrogen-bond acceptors (Lipinski definition) is 4. The summed E-state index contributed by atoms with van der Waals surface area (Å²) in [6, 6.07) is 3.68. The van der Waals surface area contributed by atoms with Gasteiger partial charge in [-0.15, -0.1) is 6.42 Å². The summed E-state index contributed by atoms with van der Waals surface area (Å²) in [6.45, 7) is 4.67. The summed E-state index contributed by atoms with van der Waals surface area (Å²) in [5.74, 6) is -2.31. The minimum Gasteiger partial charge on any atom is -0.337 e. The molecule has 3 amide bonds. The molecule has 2 aliphatic carbocycles. The van der Waals surface area contributed by atoms with Crippen molar-refractivity contribution in [3.8, 4) is 12.3 Å². The van der Waals surface area contributed by atoms with Crippen molar-refractivity contribution >= 4 is 28.5 Å². The average Bonchev–Trinajstić information content (AvgIpc) is 3.58. The van der Waals surface area contributed by atoms with Gasteiger partial charge in [-0.05, 0) is 47.3 Å². The Kier molecular flexibility index (Phi) is 7.24. The first-order chi connectivity index (χ1) is 19.2. The second-order valence-electron chi connectivity index (χ2n) is 12.4. The maximum Gasteiger partial charge on any atom is 0.471 e. The molecule has 2 heterocycles. The molecule has 7 nitrogen and oxygen atoms in total. The maximum atomic E-state index is 15.0. The number of fused-ring (bicyclic) bond motifs is 6. The third-order valence-electron chi connectivity index (χ3n) is 8.93. The van der Waals surface area contributed by atoms with Gasteiger partial charge in [0.1, 0.15) is 24.3 Å². The molecule has 1 aromatic carbocycles. The Hall–Kier alpha value is -3.68. The van der Waals surface area contributed by atoms with Crippen molar-refractivity contribution in [3.63, 3.8) is 0 Å². The zero-order valence-electron chi connectivity index (χ0n) is 22.9. The van der Waals surface area contributed by atoms with Crippen molar-refractivity contribution in [3.05, 3.63) is 42.2 Å². The SMILES string of the molecule is C#CC(NC(=O)C1C2C3CC(CC3F)C2CN1C(=O)C(NC(=O)C(F)(F)F)C(C)(C)C)c1cncc2ccccc12. The predicted octanol–water partition coefficient (Wildman–Crippen LogP) is 3.94. The second kappa shape index (κ2) is 10.3. The summed E-state index contributed by atoms with van der Waals surface area (Å²) in [4.78, 5) is 45.3. The minimum absolute atomic E-state index is 0.0448. The standard InChI is InChI=1S/C30H32F4N4O3/c1-5-22(19-13-35-12-15-8-6-7-9-17(15)19)36-26(39)24-23-18-10-16(11-21(18)31)20(23)14-38(24)27(40)25(29(2,3)4)37-28(41)30(32,33)34/h1,6-9,12-13,16,18,20-25H,10-11,14H2,2-4H3,(H,36,39)(H,37,41). The molecule has 2 bridgehead atoms. The number of carbonyl (C=O) groups excluding carboxylic acids is 3. The van der Waals surface area contributed by atoms with E-state index in [2.05, 4.69) is 16.2 Å². The second-order valence-corrected chi connectivity index (χ2v) is 12.4. The van der Waals surface area contributed by atoms with Crippen molar-refractivity contribution in [1.29, 1.82) is 0 Å². The summed E-state index contributed by atoms with van der Waals surface area (Å²) in [6.07, 6.45) is 3.62. The maximum absolute atomic E-state index is 15.0. The number of hydrogen-bond donors (Lipinski definition) is 2. The van der Waals surface area contributed by atoms with Crippen LogP contribution in [0.15, 0.2) is 36.7 Å². The number of amides is 3. The Morgan fingerprint density at radius 1 is 1.07 bits per heavy atom. The fraction of sp³-hybridized carbons (Fsp3) is 0.533. The van der Waals surface area contributed by atoms with E-state index in [0.717, 1.165) is 10.8 Å². The first kappa shape index (κ1) is 28.8. The van der Waals surface area contributed by atoms with Crippen LogP contribution in [0.3, 0.4) is 0 Å². The van der Waals surface area contributed by atoms with Crippen LogP contribution < -0.4 is 10.6 Å². The zero-order chi connectivity index (χ0) is 29.9. The highest BCUT2D eigenvalue weighted by atomic mass is 19.4. The molecule has 2 saturated carbocycles. The van der Waals surface area contributed by atoms with Gasteiger partial charge in [-0.1, -0.05) is 51.0 Å². The van der Waals surface area contributed by atoms with E-state index in [1.165, 1.54) is 25.7 Å². The Bertz CT molecular complexity index is 1410. The molecule has 0 radical (unpaired) electrons. The van der Waals surface area contributed by atoms with Crippen molar-refractivity contribution in [1.82, 2.24) is 20.5 Å². The lowest BCUT2D eigenvalue weighted by atomic mass is 9.77. The van der Waals surface area contributed by atoms with Crippen LogP contribution in [0.4, 0.5) is 17.6 Å². The van der Waals surface area contributed by atoms with Gasteiger partial charge in [-0.3, -0.25) is 19.4 Å². The molecule has 0 spiro atoms. The highest BCUT2D eigenvalue weighted by molar-refractivity contribution is 5.95. The lowest BCUT2D eigenvalue weighted by Gasteiger charge is -2.37. The van der Waals surface area contributed by atoms with Crippen LogP contribution in [0.2, 0.25) is 0 Å². The topological polar surface area (TPSA) is 91.4 Å². The highest BCUT2D eigenvalue weighted by Gasteiger charge is 2.63. The largest absolute Gasteiger partial charge is 0.471 e. The molecule has 8 atom stereocenters. The molecular weight excluding hydrogens is 540 g/mol. The number of aromatic nitrogens is 1. The number of terminal acetylenes is 1. The van der Waals surface area contributed by atoms with Crippen molar-refractivity contribution < 1.29 is 31.9 Å². The smallest absolute Gasteiger partial charge is 0.337 e. The Balaban J connectivity index is 1.49. The van der Waals surface area contributed by atoms with E-state index in [9.17, 15) is 31.9 Å². The van der Waals surface area contributed by atoms with Crippen LogP contribution in [0.1, 0.15) is 45.2 Å². The first-order valence-corrected chi connectivity index (χ1v) is 13.6. The van der Waals surface area contributed by atoms with E-state index in [1.807, 2.05) is 29.6 Å². The van der Waals surface area contributed by atoms with Crippen LogP contribution in [0, 0.1) is 41.4 Å². The number of rotatable bonds is 5. The third-order valence-corrected chi connectivity index (χ3v) is 8.93. The van der Waals surface area contributed by atoms with Crippen molar-refractivity contribution in [2.45, 2.75) is 64.1 Å². The molecule has 1 saturated heterocycles. The van der Waals surface area contributed by atoms with Crippen LogP contribution in [-0.4, -0.2) is 58.6 Å². The van der Waals surface area contributed by atoms with Crippen LogP contribution in [-0.2, 0) is 14.4 Å². The molecule has 1 aliphatic heterocycles. The molecule has 5 rings (SSSR count). The monoisotopic (exact) mass is 572 g/mol. The minimum atomic E-state index is -5.20. The van der Waals surface area contributed by atoms with E-state index < -0.39 is 65.4 Å². The third kappa shape index (κ3) is 5.13. The number of benzene rings is 1. The lowest BCUT2D eigenvalue weighted by Crippen LogP contribution is -2.60. The number of carbonyl (C=O) groups is 3. The Morgan fingerprint density at radius 2 is 1.78 bits per heavy atom. The van der Waals surface area contributed by atoms with E-state index in [4.69, 9.17) is 6.42 Å². The fourth-order valence-electron chi connectivity index (χ4n) is 7.10. The van der Waals surface area contributed by atoms with Crippen LogP contribution in [0.25, 0.3) is 10.8 Å². The fourth-order valence-corrected chi connectivity index (χ4v) is 7.10. The summed E-state index contributed by atoms with van der Waals surface area (Å²) in [7, 11) is 0. The van der Waals surface area contributed by atoms with Gasteiger partial charge in [-0.2, -0.15) is 13.2 Å². The van der Waals surface area contributed by atoms with Crippen molar-refractivity contribution in [2.75, 3.05) is 6.54 Å². The molecule has 3 fully saturated rings. The van der Waals surface area contributed by atoms with E-state index in [1.54, 1.807) is 12.4 Å². The Morgan fingerprint density at radius 3 is 2.44 bits per heavy atom. The molecule has 218 valence electrons. The van der Waals surface area contributed by atoms with Gasteiger partial charge in [0, 0.05) is 29.9 Å². The molecule has 3 aliphatic rings. The van der Waals surface area contributed by atoms with Gasteiger partial charge >= 0.3 is 12.1 Å². The normalized spacial score (nSPS) is 28.6. The zero-order valence-corrected chi connectivity index (χ0v) is 22.9. The summed E-state index contributed by atoms with van der Waals surface area (Å²) < 4.78 is 54.5. The molecule has 2 aromatic rings. The molecule has 8 unspecified atom stereocenters. The molecular formula is C30H32F4N4O3. The van der Waals surface area contributed by atoms with Gasteiger partial charge < -0.3 is 15.5 Å². The summed E-state index contributed by atoms with van der Waals surface area (Å²) in [5.41, 5.74) is -0.554. The first-order valence-electron chi connectivity index (χ1n) is 13.6. The van der Waals surface area contributed by atoms with E-state index >= 15 is 0 Å². The quantitative estimate of drug-likeness (QED) is 0.420. The highest BCUT2D eigenvalue weighted by Crippen LogP contribution is 2.58. The number of nitrogens with one attached hydrogen (secondary N) is 2. The molecule has 41 heavy (non-hydrogen) atoms. The van der Waals surface area contributed by atoms with Gasteiger partial charge in [0.25, 0.3) is 0 Å². The molecule has 11 heteroatoms.